The van der Waals surface area contributed by atoms with Crippen molar-refractivity contribution in [1.29, 1.82) is 0 Å². The van der Waals surface area contributed by atoms with Crippen LogP contribution in [0.4, 0.5) is 8.78 Å². The zero-order valence-electron chi connectivity index (χ0n) is 16.4. The Kier molecular flexibility index (Phi) is 6.14. The van der Waals surface area contributed by atoms with Gasteiger partial charge in [0.25, 0.3) is 0 Å². The first-order valence-electron chi connectivity index (χ1n) is 8.89. The molecule has 2 aromatic carbocycles. The Morgan fingerprint density at radius 1 is 1.07 bits per heavy atom. The van der Waals surface area contributed by atoms with Gasteiger partial charge in [-0.25, -0.2) is 14.2 Å². The fraction of sp³-hybridized carbons (Fsp3) is 0.250. The number of rotatable bonds is 7. The van der Waals surface area contributed by atoms with E-state index in [-0.39, 0.29) is 11.5 Å². The molecule has 0 spiro atoms. The second kappa shape index (κ2) is 8.76. The van der Waals surface area contributed by atoms with Gasteiger partial charge in [-0.3, -0.25) is 0 Å². The quantitative estimate of drug-likeness (QED) is 0.546. The van der Waals surface area contributed by atoms with Crippen LogP contribution in [-0.4, -0.2) is 33.5 Å². The molecule has 1 unspecified atom stereocenters. The molecule has 1 atom stereocenters. The van der Waals surface area contributed by atoms with E-state index in [1.165, 1.54) is 20.1 Å². The van der Waals surface area contributed by atoms with Crippen LogP contribution >= 0.6 is 0 Å². The van der Waals surface area contributed by atoms with E-state index in [4.69, 9.17) is 9.47 Å². The lowest BCUT2D eigenvalue weighted by Gasteiger charge is -2.13. The molecule has 10 heteroatoms. The Morgan fingerprint density at radius 2 is 1.73 bits per heavy atom. The third-order valence-corrected chi connectivity index (χ3v) is 4.14. The summed E-state index contributed by atoms with van der Waals surface area (Å²) in [6.07, 6.45) is -0.756. The van der Waals surface area contributed by atoms with E-state index in [0.29, 0.717) is 21.8 Å². The van der Waals surface area contributed by atoms with Crippen LogP contribution in [0.1, 0.15) is 19.3 Å². The summed E-state index contributed by atoms with van der Waals surface area (Å²) in [5.74, 6) is 0.700. The van der Waals surface area contributed by atoms with Crippen LogP contribution in [-0.2, 0) is 9.53 Å². The summed E-state index contributed by atoms with van der Waals surface area (Å²) >= 11 is 0. The van der Waals surface area contributed by atoms with Gasteiger partial charge in [-0.15, -0.1) is 0 Å². The maximum atomic E-state index is 13.0. The number of benzene rings is 2. The first kappa shape index (κ1) is 21.0. The van der Waals surface area contributed by atoms with Crippen LogP contribution < -0.4 is 15.2 Å². The summed E-state index contributed by atoms with van der Waals surface area (Å²) in [5, 5.41) is 3.89. The molecule has 0 N–H and O–H groups in total. The lowest BCUT2D eigenvalue weighted by molar-refractivity contribution is -0.147. The Morgan fingerprint density at radius 3 is 2.33 bits per heavy atom. The van der Waals surface area contributed by atoms with E-state index in [1.54, 1.807) is 49.4 Å². The predicted octanol–water partition coefficient (Wildman–Crippen LogP) is 3.47. The summed E-state index contributed by atoms with van der Waals surface area (Å²) < 4.78 is 43.0. The molecule has 0 aliphatic carbocycles. The molecule has 3 rings (SSSR count). The van der Waals surface area contributed by atoms with E-state index < -0.39 is 24.3 Å². The molecule has 8 nitrogen and oxygen atoms in total. The zero-order chi connectivity index (χ0) is 21.8. The molecule has 0 saturated carbocycles. The number of halogens is 2. The number of esters is 1. The van der Waals surface area contributed by atoms with Crippen LogP contribution in [0.2, 0.25) is 0 Å². The fourth-order valence-electron chi connectivity index (χ4n) is 2.69. The van der Waals surface area contributed by atoms with Crippen molar-refractivity contribution in [3.63, 3.8) is 0 Å². The van der Waals surface area contributed by atoms with E-state index in [0.717, 1.165) is 4.68 Å². The summed E-state index contributed by atoms with van der Waals surface area (Å²) in [6.45, 7) is -0.0798. The Bertz CT molecular complexity index is 1090. The van der Waals surface area contributed by atoms with Gasteiger partial charge in [0.2, 0.25) is 0 Å². The summed E-state index contributed by atoms with van der Waals surface area (Å²) in [5.41, 5.74) is -0.660. The largest absolute Gasteiger partial charge is 0.479 e. The monoisotopic (exact) mass is 419 g/mol. The second-order valence-corrected chi connectivity index (χ2v) is 6.24. The molecule has 30 heavy (non-hydrogen) atoms. The number of carbonyl (C=O) groups excluding carboxylic acids is 1. The number of alkyl halides is 2. The molecular formula is C20H19F2N3O5. The lowest BCUT2D eigenvalue weighted by Crippen LogP contribution is -2.24. The van der Waals surface area contributed by atoms with Gasteiger partial charge in [0.05, 0.1) is 12.8 Å². The Hall–Kier alpha value is -3.69. The van der Waals surface area contributed by atoms with Gasteiger partial charge in [-0.05, 0) is 50.2 Å². The number of ether oxygens (including phenoxy) is 3. The number of methoxy groups -OCH3 is 1. The zero-order valence-corrected chi connectivity index (χ0v) is 16.4. The van der Waals surface area contributed by atoms with Crippen LogP contribution in [0.5, 0.6) is 17.2 Å². The van der Waals surface area contributed by atoms with E-state index in [1.807, 2.05) is 0 Å². The summed E-state index contributed by atoms with van der Waals surface area (Å²) in [4.78, 5) is 23.6. The maximum Gasteiger partial charge on any atom is 0.355 e. The van der Waals surface area contributed by atoms with Crippen molar-refractivity contribution in [3.05, 3.63) is 64.8 Å². The van der Waals surface area contributed by atoms with Crippen molar-refractivity contribution in [2.24, 2.45) is 0 Å². The minimum Gasteiger partial charge on any atom is -0.479 e. The molecule has 0 bridgehead atoms. The van der Waals surface area contributed by atoms with Crippen molar-refractivity contribution < 1.29 is 27.8 Å². The van der Waals surface area contributed by atoms with Crippen molar-refractivity contribution in [1.82, 2.24) is 14.3 Å². The number of nitrogens with zero attached hydrogens (tertiary/aromatic N) is 3. The average Bonchev–Trinajstić information content (AvgIpc) is 3.03. The van der Waals surface area contributed by atoms with E-state index in [2.05, 4.69) is 9.84 Å². The number of aromatic nitrogens is 3. The van der Waals surface area contributed by atoms with Crippen molar-refractivity contribution >= 4 is 5.97 Å². The minimum absolute atomic E-state index is 0.0990. The summed E-state index contributed by atoms with van der Waals surface area (Å²) in [6, 6.07) is 12.8. The predicted molar refractivity (Wildman–Crippen MR) is 102 cm³/mol. The van der Waals surface area contributed by atoms with Crippen LogP contribution in [0.15, 0.2) is 53.3 Å². The summed E-state index contributed by atoms with van der Waals surface area (Å²) in [7, 11) is 1.28. The second-order valence-electron chi connectivity index (χ2n) is 6.24. The standard InChI is InChI=1S/C20H19F2N3O5/c1-12(18(26)28-3)29-15-7-9-16(10-8-15)30-17-6-4-5-14(11-17)25-20(27)24(19(21)22)13(2)23-25/h4-12,19H,1-3H3. The highest BCUT2D eigenvalue weighted by molar-refractivity contribution is 5.74. The third kappa shape index (κ3) is 4.48. The highest BCUT2D eigenvalue weighted by Crippen LogP contribution is 2.26. The first-order valence-corrected chi connectivity index (χ1v) is 8.89. The SMILES string of the molecule is COC(=O)C(C)Oc1ccc(Oc2cccc(-n3nc(C)n(C(F)F)c3=O)c2)cc1. The fourth-order valence-corrected chi connectivity index (χ4v) is 2.69. The number of aryl methyl sites for hydroxylation is 1. The highest BCUT2D eigenvalue weighted by atomic mass is 19.3. The molecule has 0 fully saturated rings. The minimum atomic E-state index is -2.98. The molecule has 158 valence electrons. The van der Waals surface area contributed by atoms with E-state index >= 15 is 0 Å². The van der Waals surface area contributed by atoms with E-state index in [9.17, 15) is 18.4 Å². The lowest BCUT2D eigenvalue weighted by atomic mass is 10.3. The first-order chi connectivity index (χ1) is 14.3. The van der Waals surface area contributed by atoms with Gasteiger partial charge in [0.15, 0.2) is 6.10 Å². The van der Waals surface area contributed by atoms with Crippen molar-refractivity contribution in [2.45, 2.75) is 26.5 Å². The van der Waals surface area contributed by atoms with Gasteiger partial charge < -0.3 is 14.2 Å². The Labute approximate surface area is 170 Å². The normalized spacial score (nSPS) is 11.9. The van der Waals surface area contributed by atoms with Gasteiger partial charge in [0, 0.05) is 6.07 Å². The van der Waals surface area contributed by atoms with Gasteiger partial charge in [-0.2, -0.15) is 18.6 Å². The molecule has 0 aliphatic rings. The average molecular weight is 419 g/mol. The molecular weight excluding hydrogens is 400 g/mol. The number of hydrogen-bond donors (Lipinski definition) is 0. The smallest absolute Gasteiger partial charge is 0.355 e. The molecule has 0 aliphatic heterocycles. The van der Waals surface area contributed by atoms with Crippen molar-refractivity contribution in [3.8, 4) is 22.9 Å². The third-order valence-electron chi connectivity index (χ3n) is 4.14. The van der Waals surface area contributed by atoms with Crippen LogP contribution in [0, 0.1) is 6.92 Å². The topological polar surface area (TPSA) is 84.6 Å². The van der Waals surface area contributed by atoms with Crippen molar-refractivity contribution in [2.75, 3.05) is 7.11 Å². The highest BCUT2D eigenvalue weighted by Gasteiger charge is 2.18. The molecule has 1 aromatic heterocycles. The Balaban J connectivity index is 1.77. The number of carbonyl (C=O) groups is 1. The maximum absolute atomic E-state index is 13.0. The molecule has 0 amide bonds. The molecule has 0 saturated heterocycles. The number of hydrogen-bond acceptors (Lipinski definition) is 6. The molecule has 3 aromatic rings. The van der Waals surface area contributed by atoms with Crippen LogP contribution in [0.3, 0.4) is 0 Å². The van der Waals surface area contributed by atoms with Gasteiger partial charge in [-0.1, -0.05) is 6.07 Å². The molecule has 0 radical (unpaired) electrons. The van der Waals surface area contributed by atoms with Gasteiger partial charge in [0.1, 0.15) is 23.1 Å². The van der Waals surface area contributed by atoms with Crippen LogP contribution in [0.25, 0.3) is 5.69 Å². The molecule has 1 heterocycles. The van der Waals surface area contributed by atoms with Gasteiger partial charge >= 0.3 is 18.2 Å².